The molecule has 0 saturated carbocycles. The van der Waals surface area contributed by atoms with Gasteiger partial charge in [0.2, 0.25) is 5.91 Å². The van der Waals surface area contributed by atoms with Crippen molar-refractivity contribution in [3.8, 4) is 0 Å². The maximum absolute atomic E-state index is 12.7. The molecule has 1 amide bonds. The highest BCUT2D eigenvalue weighted by atomic mass is 35.5. The van der Waals surface area contributed by atoms with Crippen molar-refractivity contribution in [2.24, 2.45) is 5.92 Å². The van der Waals surface area contributed by atoms with Crippen LogP contribution in [0.3, 0.4) is 0 Å². The first-order valence-electron chi connectivity index (χ1n) is 10.7. The molecule has 2 N–H and O–H groups in total. The molecule has 32 heavy (non-hydrogen) atoms. The number of fused-ring (bicyclic) bond motifs is 1. The van der Waals surface area contributed by atoms with Gasteiger partial charge in [-0.05, 0) is 30.5 Å². The molecule has 0 aliphatic carbocycles. The second-order valence-corrected chi connectivity index (χ2v) is 8.99. The van der Waals surface area contributed by atoms with Crippen molar-refractivity contribution < 1.29 is 4.79 Å². The zero-order valence-corrected chi connectivity index (χ0v) is 19.9. The van der Waals surface area contributed by atoms with Crippen molar-refractivity contribution in [2.45, 2.75) is 59.5 Å². The van der Waals surface area contributed by atoms with E-state index in [9.17, 15) is 14.4 Å². The Morgan fingerprint density at radius 3 is 2.62 bits per heavy atom. The van der Waals surface area contributed by atoms with Crippen molar-refractivity contribution in [3.05, 3.63) is 54.9 Å². The van der Waals surface area contributed by atoms with Crippen LogP contribution in [0.5, 0.6) is 0 Å². The average molecular weight is 480 g/mol. The van der Waals surface area contributed by atoms with Crippen LogP contribution in [0.4, 0.5) is 5.69 Å². The Morgan fingerprint density at radius 2 is 1.97 bits per heavy atom. The number of unbranched alkanes of at least 4 members (excludes halogenated alkanes) is 1. The molecule has 10 heteroatoms. The molecule has 3 rings (SSSR count). The SMILES string of the molecule is CCCCn1c(=O)[nH]c(=O)c2c1nc(CCC(=O)Nc1ccc(Cl)cc1Cl)n2CC(C)C. The lowest BCUT2D eigenvalue weighted by Gasteiger charge is -2.12. The van der Waals surface area contributed by atoms with E-state index >= 15 is 0 Å². The van der Waals surface area contributed by atoms with E-state index in [1.807, 2.05) is 25.3 Å². The maximum Gasteiger partial charge on any atom is 0.330 e. The molecule has 0 unspecified atom stereocenters. The fourth-order valence-electron chi connectivity index (χ4n) is 3.52. The summed E-state index contributed by atoms with van der Waals surface area (Å²) < 4.78 is 3.33. The zero-order valence-electron chi connectivity index (χ0n) is 18.4. The number of imidazole rings is 1. The Bertz CT molecular complexity index is 1240. The van der Waals surface area contributed by atoms with Crippen LogP contribution in [0.1, 0.15) is 45.9 Å². The number of aryl methyl sites for hydroxylation is 2. The molecule has 2 aromatic heterocycles. The molecule has 0 bridgehead atoms. The lowest BCUT2D eigenvalue weighted by Crippen LogP contribution is -2.31. The summed E-state index contributed by atoms with van der Waals surface area (Å²) in [5.41, 5.74) is 0.275. The molecule has 0 saturated heterocycles. The van der Waals surface area contributed by atoms with Gasteiger partial charge in [-0.2, -0.15) is 0 Å². The Balaban J connectivity index is 1.92. The summed E-state index contributed by atoms with van der Waals surface area (Å²) in [6, 6.07) is 4.85. The first kappa shape index (κ1) is 24.1. The largest absolute Gasteiger partial charge is 0.330 e. The van der Waals surface area contributed by atoms with Crippen LogP contribution in [0, 0.1) is 5.92 Å². The van der Waals surface area contributed by atoms with Crippen LogP contribution in [0.25, 0.3) is 11.2 Å². The van der Waals surface area contributed by atoms with E-state index in [4.69, 9.17) is 23.2 Å². The zero-order chi connectivity index (χ0) is 23.4. The number of rotatable bonds is 9. The minimum atomic E-state index is -0.466. The Hall–Kier alpha value is -2.58. The Labute approximate surface area is 195 Å². The first-order chi connectivity index (χ1) is 15.2. The van der Waals surface area contributed by atoms with E-state index in [0.717, 1.165) is 12.8 Å². The summed E-state index contributed by atoms with van der Waals surface area (Å²) in [4.78, 5) is 44.6. The van der Waals surface area contributed by atoms with E-state index in [0.29, 0.717) is 52.2 Å². The third-order valence-electron chi connectivity index (χ3n) is 5.03. The summed E-state index contributed by atoms with van der Waals surface area (Å²) in [5.74, 6) is 0.588. The number of benzene rings is 1. The van der Waals surface area contributed by atoms with E-state index in [-0.39, 0.29) is 18.2 Å². The average Bonchev–Trinajstić information content (AvgIpc) is 3.06. The van der Waals surface area contributed by atoms with E-state index in [1.54, 1.807) is 18.2 Å². The lowest BCUT2D eigenvalue weighted by atomic mass is 10.2. The monoisotopic (exact) mass is 479 g/mol. The summed E-state index contributed by atoms with van der Waals surface area (Å²) in [7, 11) is 0. The molecule has 0 atom stereocenters. The molecule has 0 fully saturated rings. The topological polar surface area (TPSA) is 102 Å². The summed E-state index contributed by atoms with van der Waals surface area (Å²) in [6.07, 6.45) is 2.13. The maximum atomic E-state index is 12.7. The van der Waals surface area contributed by atoms with Gasteiger partial charge in [0.1, 0.15) is 5.82 Å². The van der Waals surface area contributed by atoms with E-state index < -0.39 is 11.2 Å². The van der Waals surface area contributed by atoms with Gasteiger partial charge in [0, 0.05) is 31.0 Å². The van der Waals surface area contributed by atoms with Gasteiger partial charge in [-0.25, -0.2) is 9.78 Å². The molecule has 3 aromatic rings. The number of carbonyl (C=O) groups is 1. The van der Waals surface area contributed by atoms with Gasteiger partial charge in [0.15, 0.2) is 11.2 Å². The molecule has 172 valence electrons. The number of H-pyrrole nitrogens is 1. The fourth-order valence-corrected chi connectivity index (χ4v) is 3.98. The number of aromatic nitrogens is 4. The quantitative estimate of drug-likeness (QED) is 0.479. The van der Waals surface area contributed by atoms with Crippen LogP contribution in [-0.2, 0) is 24.3 Å². The van der Waals surface area contributed by atoms with Crippen molar-refractivity contribution in [1.82, 2.24) is 19.1 Å². The second kappa shape index (κ2) is 10.4. The first-order valence-corrected chi connectivity index (χ1v) is 11.4. The van der Waals surface area contributed by atoms with Gasteiger partial charge >= 0.3 is 5.69 Å². The number of halogens is 2. The third-order valence-corrected chi connectivity index (χ3v) is 5.58. The predicted octanol–water partition coefficient (Wildman–Crippen LogP) is 4.22. The summed E-state index contributed by atoms with van der Waals surface area (Å²) >= 11 is 12.0. The number of amides is 1. The van der Waals surface area contributed by atoms with Crippen molar-refractivity contribution in [1.29, 1.82) is 0 Å². The standard InChI is InChI=1S/C22H27Cl2N5O3/c1-4-5-10-28-20-19(21(31)27-22(28)32)29(12-13(2)3)17(26-20)8-9-18(30)25-16-7-6-14(23)11-15(16)24/h6-7,11,13H,4-5,8-10,12H2,1-3H3,(H,25,30)(H,27,31,32). The normalized spacial score (nSPS) is 11.4. The minimum Gasteiger partial charge on any atom is -0.325 e. The molecule has 0 spiro atoms. The van der Waals surface area contributed by atoms with Crippen molar-refractivity contribution in [2.75, 3.05) is 5.32 Å². The molecule has 0 aliphatic heterocycles. The molecule has 2 heterocycles. The van der Waals surface area contributed by atoms with Crippen LogP contribution in [-0.4, -0.2) is 25.0 Å². The van der Waals surface area contributed by atoms with Crippen molar-refractivity contribution in [3.63, 3.8) is 0 Å². The van der Waals surface area contributed by atoms with E-state index in [1.165, 1.54) is 4.57 Å². The predicted molar refractivity (Wildman–Crippen MR) is 128 cm³/mol. The number of nitrogens with one attached hydrogen (secondary N) is 2. The number of anilines is 1. The van der Waals surface area contributed by atoms with Gasteiger partial charge in [-0.15, -0.1) is 0 Å². The smallest absolute Gasteiger partial charge is 0.325 e. The van der Waals surface area contributed by atoms with Crippen LogP contribution in [0.15, 0.2) is 27.8 Å². The number of hydrogen-bond acceptors (Lipinski definition) is 4. The molecule has 0 radical (unpaired) electrons. The van der Waals surface area contributed by atoms with Crippen LogP contribution in [0.2, 0.25) is 10.0 Å². The summed E-state index contributed by atoms with van der Waals surface area (Å²) in [5, 5.41) is 3.60. The molecule has 1 aromatic carbocycles. The van der Waals surface area contributed by atoms with Gasteiger partial charge in [-0.3, -0.25) is 19.1 Å². The molecule has 0 aliphatic rings. The highest BCUT2D eigenvalue weighted by molar-refractivity contribution is 6.36. The molecule has 8 nitrogen and oxygen atoms in total. The Kier molecular flexibility index (Phi) is 7.79. The minimum absolute atomic E-state index is 0.136. The fraction of sp³-hybridized carbons (Fsp3) is 0.455. The lowest BCUT2D eigenvalue weighted by molar-refractivity contribution is -0.116. The van der Waals surface area contributed by atoms with Gasteiger partial charge in [0.05, 0.1) is 10.7 Å². The Morgan fingerprint density at radius 1 is 1.22 bits per heavy atom. The molecular formula is C22H27Cl2N5O3. The summed E-state index contributed by atoms with van der Waals surface area (Å²) in [6.45, 7) is 7.11. The number of aromatic amines is 1. The van der Waals surface area contributed by atoms with Gasteiger partial charge in [-0.1, -0.05) is 50.4 Å². The number of carbonyl (C=O) groups excluding carboxylic acids is 1. The number of nitrogens with zero attached hydrogens (tertiary/aromatic N) is 3. The number of hydrogen-bond donors (Lipinski definition) is 2. The van der Waals surface area contributed by atoms with Crippen LogP contribution >= 0.6 is 23.2 Å². The second-order valence-electron chi connectivity index (χ2n) is 8.14. The van der Waals surface area contributed by atoms with Gasteiger partial charge < -0.3 is 9.88 Å². The van der Waals surface area contributed by atoms with Crippen molar-refractivity contribution >= 4 is 46.0 Å². The van der Waals surface area contributed by atoms with Crippen LogP contribution < -0.4 is 16.6 Å². The van der Waals surface area contributed by atoms with Gasteiger partial charge in [0.25, 0.3) is 5.56 Å². The third kappa shape index (κ3) is 5.42. The molecular weight excluding hydrogens is 453 g/mol. The highest BCUT2D eigenvalue weighted by Crippen LogP contribution is 2.25. The van der Waals surface area contributed by atoms with E-state index in [2.05, 4.69) is 15.3 Å². The highest BCUT2D eigenvalue weighted by Gasteiger charge is 2.20.